The quantitative estimate of drug-likeness (QED) is 0.828. The van der Waals surface area contributed by atoms with Crippen LogP contribution in [0.5, 0.6) is 0 Å². The first-order valence-electron chi connectivity index (χ1n) is 9.99. The maximum atomic E-state index is 10.8. The topological polar surface area (TPSA) is 32.7 Å². The van der Waals surface area contributed by atoms with Gasteiger partial charge in [0.2, 0.25) is 0 Å². The Labute approximate surface area is 153 Å². The molecule has 1 spiro atoms. The van der Waals surface area contributed by atoms with Gasteiger partial charge >= 0.3 is 0 Å². The van der Waals surface area contributed by atoms with Gasteiger partial charge in [-0.15, -0.1) is 0 Å². The molecule has 0 amide bonds. The Kier molecular flexibility index (Phi) is 5.75. The minimum absolute atomic E-state index is 0.407. The van der Waals surface area contributed by atoms with Gasteiger partial charge < -0.3 is 14.7 Å². The van der Waals surface area contributed by atoms with E-state index in [-0.39, 0.29) is 0 Å². The Balaban J connectivity index is 1.57. The smallest absolute Gasteiger partial charge is 0.0650 e. The third-order valence-electron chi connectivity index (χ3n) is 6.36. The number of rotatable bonds is 6. The second-order valence-corrected chi connectivity index (χ2v) is 8.90. The summed E-state index contributed by atoms with van der Waals surface area (Å²) in [5.41, 5.74) is 2.71. The molecule has 3 rings (SSSR count). The van der Waals surface area contributed by atoms with Crippen LogP contribution in [0.2, 0.25) is 0 Å². The van der Waals surface area contributed by atoms with Crippen LogP contribution >= 0.6 is 0 Å². The molecule has 25 heavy (non-hydrogen) atoms. The number of hydrogen-bond donors (Lipinski definition) is 1. The van der Waals surface area contributed by atoms with Crippen molar-refractivity contribution in [2.24, 2.45) is 11.3 Å². The SMILES string of the molecule is COCCc1ccc(N2CCC3(CCC(O)(CC(C)C)CC3)C2)cc1. The van der Waals surface area contributed by atoms with Crippen LogP contribution < -0.4 is 4.90 Å². The third kappa shape index (κ3) is 4.57. The van der Waals surface area contributed by atoms with Crippen molar-refractivity contribution in [3.8, 4) is 0 Å². The molecule has 1 saturated heterocycles. The number of benzene rings is 1. The van der Waals surface area contributed by atoms with Crippen molar-refractivity contribution in [2.45, 2.75) is 64.4 Å². The largest absolute Gasteiger partial charge is 0.390 e. The fraction of sp³-hybridized carbons (Fsp3) is 0.727. The fourth-order valence-electron chi connectivity index (χ4n) is 4.87. The Morgan fingerprint density at radius 1 is 1.08 bits per heavy atom. The van der Waals surface area contributed by atoms with Crippen LogP contribution in [0.3, 0.4) is 0 Å². The van der Waals surface area contributed by atoms with Gasteiger partial charge in [-0.05, 0) is 74.0 Å². The lowest BCUT2D eigenvalue weighted by molar-refractivity contribution is -0.0434. The monoisotopic (exact) mass is 345 g/mol. The van der Waals surface area contributed by atoms with Crippen molar-refractivity contribution in [3.05, 3.63) is 29.8 Å². The van der Waals surface area contributed by atoms with Crippen molar-refractivity contribution in [3.63, 3.8) is 0 Å². The lowest BCUT2D eigenvalue weighted by Crippen LogP contribution is -2.41. The van der Waals surface area contributed by atoms with Crippen LogP contribution in [0, 0.1) is 11.3 Å². The van der Waals surface area contributed by atoms with E-state index >= 15 is 0 Å². The molecular weight excluding hydrogens is 310 g/mol. The lowest BCUT2D eigenvalue weighted by atomic mass is 9.66. The number of ether oxygens (including phenoxy) is 1. The zero-order valence-electron chi connectivity index (χ0n) is 16.3. The van der Waals surface area contributed by atoms with Crippen LogP contribution in [-0.4, -0.2) is 37.5 Å². The van der Waals surface area contributed by atoms with Crippen molar-refractivity contribution in [2.75, 3.05) is 31.7 Å². The van der Waals surface area contributed by atoms with E-state index in [2.05, 4.69) is 43.0 Å². The highest BCUT2D eigenvalue weighted by Crippen LogP contribution is 2.49. The highest BCUT2D eigenvalue weighted by atomic mass is 16.5. The standard InChI is InChI=1S/C22H35NO2/c1-18(2)16-22(24)11-9-21(10-12-22)13-14-23(17-21)20-6-4-19(5-7-20)8-15-25-3/h4-7,18,24H,8-17H2,1-3H3. The average molecular weight is 346 g/mol. The molecular formula is C22H35NO2. The molecule has 1 saturated carbocycles. The van der Waals surface area contributed by atoms with Crippen molar-refractivity contribution in [1.82, 2.24) is 0 Å². The second-order valence-electron chi connectivity index (χ2n) is 8.90. The summed E-state index contributed by atoms with van der Waals surface area (Å²) in [5, 5.41) is 10.8. The van der Waals surface area contributed by atoms with Crippen molar-refractivity contribution >= 4 is 5.69 Å². The lowest BCUT2D eigenvalue weighted by Gasteiger charge is -2.43. The first-order valence-corrected chi connectivity index (χ1v) is 9.99. The van der Waals surface area contributed by atoms with Crippen molar-refractivity contribution in [1.29, 1.82) is 0 Å². The van der Waals surface area contributed by atoms with Gasteiger partial charge in [-0.3, -0.25) is 0 Å². The summed E-state index contributed by atoms with van der Waals surface area (Å²) in [5.74, 6) is 0.579. The Hall–Kier alpha value is -1.06. The zero-order valence-corrected chi connectivity index (χ0v) is 16.3. The molecule has 140 valence electrons. The molecule has 0 unspecified atom stereocenters. The first-order chi connectivity index (χ1) is 11.9. The zero-order chi connectivity index (χ0) is 17.9. The van der Waals surface area contributed by atoms with Gasteiger partial charge in [-0.2, -0.15) is 0 Å². The maximum absolute atomic E-state index is 10.8. The minimum Gasteiger partial charge on any atom is -0.390 e. The van der Waals surface area contributed by atoms with Crippen LogP contribution in [0.15, 0.2) is 24.3 Å². The van der Waals surface area contributed by atoms with E-state index in [1.165, 1.54) is 30.5 Å². The molecule has 0 atom stereocenters. The molecule has 1 N–H and O–H groups in total. The van der Waals surface area contributed by atoms with Gasteiger partial charge in [0.15, 0.2) is 0 Å². The summed E-state index contributed by atoms with van der Waals surface area (Å²) in [7, 11) is 1.75. The van der Waals surface area contributed by atoms with E-state index in [0.29, 0.717) is 11.3 Å². The second kappa shape index (κ2) is 7.67. The van der Waals surface area contributed by atoms with E-state index in [4.69, 9.17) is 4.74 Å². The van der Waals surface area contributed by atoms with E-state index < -0.39 is 5.60 Å². The summed E-state index contributed by atoms with van der Waals surface area (Å²) >= 11 is 0. The molecule has 1 heterocycles. The molecule has 0 aromatic heterocycles. The van der Waals surface area contributed by atoms with Crippen LogP contribution in [0.25, 0.3) is 0 Å². The Morgan fingerprint density at radius 3 is 2.36 bits per heavy atom. The van der Waals surface area contributed by atoms with Gasteiger partial charge in [0, 0.05) is 25.9 Å². The first kappa shape index (κ1) is 18.7. The molecule has 1 aromatic carbocycles. The summed E-state index contributed by atoms with van der Waals surface area (Å²) in [6.07, 6.45) is 7.53. The molecule has 1 aromatic rings. The summed E-state index contributed by atoms with van der Waals surface area (Å²) in [6, 6.07) is 9.01. The minimum atomic E-state index is -0.407. The van der Waals surface area contributed by atoms with Gasteiger partial charge in [0.05, 0.1) is 12.2 Å². The predicted octanol–water partition coefficient (Wildman–Crippen LogP) is 4.42. The van der Waals surface area contributed by atoms with Gasteiger partial charge in [0.1, 0.15) is 0 Å². The van der Waals surface area contributed by atoms with Gasteiger partial charge in [0.25, 0.3) is 0 Å². The number of hydrogen-bond acceptors (Lipinski definition) is 3. The van der Waals surface area contributed by atoms with E-state index in [0.717, 1.165) is 45.4 Å². The Bertz CT molecular complexity index is 544. The van der Waals surface area contributed by atoms with Crippen LogP contribution in [0.4, 0.5) is 5.69 Å². The molecule has 1 aliphatic heterocycles. The average Bonchev–Trinajstić information content (AvgIpc) is 3.00. The number of nitrogens with zero attached hydrogens (tertiary/aromatic N) is 1. The van der Waals surface area contributed by atoms with Crippen LogP contribution in [-0.2, 0) is 11.2 Å². The van der Waals surface area contributed by atoms with Gasteiger partial charge in [-0.1, -0.05) is 26.0 Å². The van der Waals surface area contributed by atoms with E-state index in [1.807, 2.05) is 0 Å². The molecule has 3 heteroatoms. The molecule has 2 fully saturated rings. The van der Waals surface area contributed by atoms with Crippen LogP contribution in [0.1, 0.15) is 57.9 Å². The highest BCUT2D eigenvalue weighted by Gasteiger charge is 2.45. The molecule has 3 nitrogen and oxygen atoms in total. The molecule has 2 aliphatic rings. The predicted molar refractivity (Wildman–Crippen MR) is 104 cm³/mol. The third-order valence-corrected chi connectivity index (χ3v) is 6.36. The maximum Gasteiger partial charge on any atom is 0.0650 e. The van der Waals surface area contributed by atoms with E-state index in [1.54, 1.807) is 7.11 Å². The summed E-state index contributed by atoms with van der Waals surface area (Å²) < 4.78 is 5.16. The molecule has 0 radical (unpaired) electrons. The summed E-state index contributed by atoms with van der Waals surface area (Å²) in [4.78, 5) is 2.55. The van der Waals surface area contributed by atoms with Gasteiger partial charge in [-0.25, -0.2) is 0 Å². The Morgan fingerprint density at radius 2 is 1.76 bits per heavy atom. The molecule has 1 aliphatic carbocycles. The fourth-order valence-corrected chi connectivity index (χ4v) is 4.87. The van der Waals surface area contributed by atoms with Crippen molar-refractivity contribution < 1.29 is 9.84 Å². The molecule has 0 bridgehead atoms. The summed E-state index contributed by atoms with van der Waals surface area (Å²) in [6.45, 7) is 7.53. The number of aliphatic hydroxyl groups is 1. The number of anilines is 1. The highest BCUT2D eigenvalue weighted by molar-refractivity contribution is 5.49. The van der Waals surface area contributed by atoms with E-state index in [9.17, 15) is 5.11 Å². The normalized spacial score (nSPS) is 29.7. The number of methoxy groups -OCH3 is 1.